The highest BCUT2D eigenvalue weighted by Gasteiger charge is 2.20. The number of hydrogen-bond acceptors (Lipinski definition) is 4. The molecule has 0 atom stereocenters. The van der Waals surface area contributed by atoms with Crippen LogP contribution in [0.15, 0.2) is 58.1 Å². The Morgan fingerprint density at radius 3 is 2.27 bits per heavy atom. The van der Waals surface area contributed by atoms with Crippen molar-refractivity contribution in [2.24, 2.45) is 5.92 Å². The molecule has 3 rings (SSSR count). The lowest BCUT2D eigenvalue weighted by atomic mass is 10.1. The van der Waals surface area contributed by atoms with E-state index in [1.807, 2.05) is 64.1 Å². The predicted octanol–water partition coefficient (Wildman–Crippen LogP) is 2.45. The summed E-state index contributed by atoms with van der Waals surface area (Å²) >= 11 is 0. The molecular formula is C23H26N4O3. The zero-order valence-electron chi connectivity index (χ0n) is 17.7. The fourth-order valence-electron chi connectivity index (χ4n) is 3.18. The van der Waals surface area contributed by atoms with E-state index in [1.54, 1.807) is 12.1 Å². The third-order valence-electron chi connectivity index (χ3n) is 4.58. The molecule has 0 aliphatic rings. The number of benzene rings is 2. The molecule has 0 bridgehead atoms. The second-order valence-corrected chi connectivity index (χ2v) is 7.87. The molecule has 2 aromatic carbocycles. The van der Waals surface area contributed by atoms with Gasteiger partial charge in [-0.25, -0.2) is 4.79 Å². The Labute approximate surface area is 175 Å². The van der Waals surface area contributed by atoms with Crippen LogP contribution in [0.4, 0.5) is 0 Å². The normalized spacial score (nSPS) is 11.0. The number of rotatable bonds is 6. The SMILES string of the molecule is Cc1cc(C)cc(-n2nc(C(=O)NCC(C)C)c(=O)n(Cc3ccccc3)c2=O)c1. The fraction of sp³-hybridized carbons (Fsp3) is 0.304. The minimum Gasteiger partial charge on any atom is -0.350 e. The molecule has 0 fully saturated rings. The lowest BCUT2D eigenvalue weighted by Gasteiger charge is -2.14. The van der Waals surface area contributed by atoms with E-state index in [-0.39, 0.29) is 18.2 Å². The zero-order chi connectivity index (χ0) is 21.8. The summed E-state index contributed by atoms with van der Waals surface area (Å²) in [5, 5.41) is 6.88. The van der Waals surface area contributed by atoms with Gasteiger partial charge >= 0.3 is 5.69 Å². The van der Waals surface area contributed by atoms with Crippen molar-refractivity contribution in [3.05, 3.63) is 91.8 Å². The Kier molecular flexibility index (Phi) is 6.30. The van der Waals surface area contributed by atoms with Crippen LogP contribution in [0.25, 0.3) is 5.69 Å². The molecule has 0 saturated heterocycles. The topological polar surface area (TPSA) is 86.0 Å². The number of aryl methyl sites for hydroxylation is 2. The third-order valence-corrected chi connectivity index (χ3v) is 4.58. The quantitative estimate of drug-likeness (QED) is 0.681. The summed E-state index contributed by atoms with van der Waals surface area (Å²) < 4.78 is 2.19. The molecule has 7 nitrogen and oxygen atoms in total. The number of carbonyl (C=O) groups is 1. The van der Waals surface area contributed by atoms with Crippen molar-refractivity contribution in [2.75, 3.05) is 6.54 Å². The van der Waals surface area contributed by atoms with Gasteiger partial charge in [0.25, 0.3) is 11.5 Å². The predicted molar refractivity (Wildman–Crippen MR) is 116 cm³/mol. The standard InChI is InChI=1S/C23H26N4O3/c1-15(2)13-24-21(28)20-22(29)26(14-18-8-6-5-7-9-18)23(30)27(25-20)19-11-16(3)10-17(4)12-19/h5-12,15H,13-14H2,1-4H3,(H,24,28). The second kappa shape index (κ2) is 8.90. The van der Waals surface area contributed by atoms with Crippen molar-refractivity contribution in [1.29, 1.82) is 0 Å². The number of nitrogens with zero attached hydrogens (tertiary/aromatic N) is 3. The first-order chi connectivity index (χ1) is 14.3. The van der Waals surface area contributed by atoms with Gasteiger partial charge in [-0.2, -0.15) is 9.78 Å². The van der Waals surface area contributed by atoms with E-state index >= 15 is 0 Å². The first-order valence-corrected chi connectivity index (χ1v) is 9.91. The van der Waals surface area contributed by atoms with E-state index in [2.05, 4.69) is 10.4 Å². The van der Waals surface area contributed by atoms with Gasteiger partial charge in [0.2, 0.25) is 5.69 Å². The molecule has 0 radical (unpaired) electrons. The lowest BCUT2D eigenvalue weighted by Crippen LogP contribution is -2.46. The second-order valence-electron chi connectivity index (χ2n) is 7.87. The fourth-order valence-corrected chi connectivity index (χ4v) is 3.18. The molecule has 156 valence electrons. The average Bonchev–Trinajstić information content (AvgIpc) is 2.69. The van der Waals surface area contributed by atoms with Crippen molar-refractivity contribution in [3.63, 3.8) is 0 Å². The minimum atomic E-state index is -0.703. The molecule has 0 aliphatic carbocycles. The summed E-state index contributed by atoms with van der Waals surface area (Å²) in [6.07, 6.45) is 0. The molecule has 0 saturated carbocycles. The van der Waals surface area contributed by atoms with Gasteiger partial charge in [0, 0.05) is 6.54 Å². The Hall–Kier alpha value is -3.48. The van der Waals surface area contributed by atoms with Crippen LogP contribution in [-0.4, -0.2) is 26.8 Å². The Balaban J connectivity index is 2.20. The van der Waals surface area contributed by atoms with Gasteiger partial charge in [-0.15, -0.1) is 0 Å². The van der Waals surface area contributed by atoms with Crippen LogP contribution in [-0.2, 0) is 6.54 Å². The molecule has 1 amide bonds. The van der Waals surface area contributed by atoms with E-state index in [9.17, 15) is 14.4 Å². The van der Waals surface area contributed by atoms with Crippen molar-refractivity contribution in [3.8, 4) is 5.69 Å². The first-order valence-electron chi connectivity index (χ1n) is 9.91. The van der Waals surface area contributed by atoms with Crippen LogP contribution in [0.3, 0.4) is 0 Å². The molecule has 30 heavy (non-hydrogen) atoms. The number of amides is 1. The van der Waals surface area contributed by atoms with Crippen molar-refractivity contribution in [2.45, 2.75) is 34.2 Å². The van der Waals surface area contributed by atoms with E-state index in [0.717, 1.165) is 25.9 Å². The molecule has 0 unspecified atom stereocenters. The van der Waals surface area contributed by atoms with Crippen LogP contribution in [0.1, 0.15) is 41.0 Å². The number of carbonyl (C=O) groups excluding carboxylic acids is 1. The molecule has 7 heteroatoms. The summed E-state index contributed by atoms with van der Waals surface area (Å²) in [6.45, 7) is 8.20. The zero-order valence-corrected chi connectivity index (χ0v) is 17.7. The maximum Gasteiger partial charge on any atom is 0.352 e. The van der Waals surface area contributed by atoms with Gasteiger partial charge in [0.1, 0.15) is 0 Å². The smallest absolute Gasteiger partial charge is 0.350 e. The Morgan fingerprint density at radius 2 is 1.67 bits per heavy atom. The van der Waals surface area contributed by atoms with E-state index < -0.39 is 17.2 Å². The molecule has 1 N–H and O–H groups in total. The van der Waals surface area contributed by atoms with Crippen molar-refractivity contribution >= 4 is 5.91 Å². The van der Waals surface area contributed by atoms with Gasteiger partial charge in [-0.1, -0.05) is 50.2 Å². The molecule has 1 aromatic heterocycles. The van der Waals surface area contributed by atoms with E-state index in [1.165, 1.54) is 0 Å². The molecule has 3 aromatic rings. The van der Waals surface area contributed by atoms with Crippen LogP contribution in [0, 0.1) is 19.8 Å². The van der Waals surface area contributed by atoms with Gasteiger partial charge < -0.3 is 5.32 Å². The summed E-state index contributed by atoms with van der Waals surface area (Å²) in [5.74, 6) is -0.376. The van der Waals surface area contributed by atoms with Gasteiger partial charge in [-0.05, 0) is 48.6 Å². The minimum absolute atomic E-state index is 0.0519. The van der Waals surface area contributed by atoms with Gasteiger partial charge in [-0.3, -0.25) is 14.2 Å². The van der Waals surface area contributed by atoms with Gasteiger partial charge in [0.05, 0.1) is 12.2 Å². The van der Waals surface area contributed by atoms with Crippen LogP contribution in [0.5, 0.6) is 0 Å². The average molecular weight is 406 g/mol. The van der Waals surface area contributed by atoms with Crippen molar-refractivity contribution in [1.82, 2.24) is 19.7 Å². The van der Waals surface area contributed by atoms with Crippen LogP contribution >= 0.6 is 0 Å². The Bertz CT molecular complexity index is 1160. The maximum absolute atomic E-state index is 13.2. The first kappa shape index (κ1) is 21.2. The summed E-state index contributed by atoms with van der Waals surface area (Å²) in [4.78, 5) is 38.9. The van der Waals surface area contributed by atoms with Crippen molar-refractivity contribution < 1.29 is 4.79 Å². The highest BCUT2D eigenvalue weighted by molar-refractivity contribution is 5.91. The summed E-state index contributed by atoms with van der Waals surface area (Å²) in [7, 11) is 0. The molecule has 1 heterocycles. The van der Waals surface area contributed by atoms with Crippen LogP contribution < -0.4 is 16.6 Å². The maximum atomic E-state index is 13.2. The molecular weight excluding hydrogens is 380 g/mol. The number of nitrogens with one attached hydrogen (secondary N) is 1. The largest absolute Gasteiger partial charge is 0.352 e. The number of aromatic nitrogens is 3. The Morgan fingerprint density at radius 1 is 1.03 bits per heavy atom. The summed E-state index contributed by atoms with van der Waals surface area (Å²) in [5.41, 5.74) is 1.60. The molecule has 0 spiro atoms. The molecule has 0 aliphatic heterocycles. The van der Waals surface area contributed by atoms with E-state index in [0.29, 0.717) is 12.2 Å². The monoisotopic (exact) mass is 406 g/mol. The lowest BCUT2D eigenvalue weighted by molar-refractivity contribution is 0.0939. The van der Waals surface area contributed by atoms with Crippen LogP contribution in [0.2, 0.25) is 0 Å². The van der Waals surface area contributed by atoms with Gasteiger partial charge in [0.15, 0.2) is 0 Å². The van der Waals surface area contributed by atoms with E-state index in [4.69, 9.17) is 0 Å². The highest BCUT2D eigenvalue weighted by Crippen LogP contribution is 2.11. The summed E-state index contributed by atoms with van der Waals surface area (Å²) in [6, 6.07) is 14.8. The number of hydrogen-bond donors (Lipinski definition) is 1. The highest BCUT2D eigenvalue weighted by atomic mass is 16.2. The third kappa shape index (κ3) is 4.74.